The fraction of sp³-hybridized carbons (Fsp3) is 0.625. The van der Waals surface area contributed by atoms with Gasteiger partial charge in [-0.15, -0.1) is 0 Å². The fourth-order valence-electron chi connectivity index (χ4n) is 3.12. The maximum absolute atomic E-state index is 11.6. The Morgan fingerprint density at radius 1 is 1.19 bits per heavy atom. The molecule has 2 rings (SSSR count). The van der Waals surface area contributed by atoms with Crippen LogP contribution in [0.1, 0.15) is 44.1 Å². The first-order chi connectivity index (χ1) is 9.89. The summed E-state index contributed by atoms with van der Waals surface area (Å²) in [6, 6.07) is 7.84. The van der Waals surface area contributed by atoms with Gasteiger partial charge in [-0.2, -0.15) is 0 Å². The molecule has 0 spiro atoms. The van der Waals surface area contributed by atoms with Crippen LogP contribution >= 0.6 is 10.7 Å². The molecule has 0 atom stereocenters. The highest BCUT2D eigenvalue weighted by atomic mass is 35.7. The zero-order valence-electron chi connectivity index (χ0n) is 12.5. The molecule has 1 aliphatic rings. The summed E-state index contributed by atoms with van der Waals surface area (Å²) in [5.74, 6) is 0.804. The summed E-state index contributed by atoms with van der Waals surface area (Å²) in [7, 11) is 2.01. The van der Waals surface area contributed by atoms with E-state index in [0.717, 1.165) is 49.8 Å². The van der Waals surface area contributed by atoms with Gasteiger partial charge in [0.05, 0.1) is 12.4 Å². The fourth-order valence-corrected chi connectivity index (χ4v) is 4.91. The predicted octanol–water partition coefficient (Wildman–Crippen LogP) is 4.28. The largest absolute Gasteiger partial charge is 0.493 e. The van der Waals surface area contributed by atoms with Crippen molar-refractivity contribution in [1.82, 2.24) is 0 Å². The van der Waals surface area contributed by atoms with E-state index in [-0.39, 0.29) is 11.2 Å². The topological polar surface area (TPSA) is 43.4 Å². The second-order valence-corrected chi connectivity index (χ2v) is 8.98. The van der Waals surface area contributed by atoms with Crippen LogP contribution in [0.5, 0.6) is 5.75 Å². The van der Waals surface area contributed by atoms with E-state index in [1.54, 1.807) is 0 Å². The third kappa shape index (κ3) is 5.51. The minimum absolute atomic E-state index is 0.00731. The molecule has 0 aromatic heterocycles. The van der Waals surface area contributed by atoms with E-state index < -0.39 is 9.05 Å². The first kappa shape index (κ1) is 16.6. The SMILES string of the molecule is Cc1cccc(OCC2(CS(=O)(=O)Cl)CCCCCC2)c1. The maximum Gasteiger partial charge on any atom is 0.233 e. The molecule has 0 amide bonds. The van der Waals surface area contributed by atoms with Crippen molar-refractivity contribution >= 4 is 19.7 Å². The van der Waals surface area contributed by atoms with Crippen molar-refractivity contribution in [3.05, 3.63) is 29.8 Å². The van der Waals surface area contributed by atoms with E-state index in [0.29, 0.717) is 6.61 Å². The molecular weight excluding hydrogens is 308 g/mol. The van der Waals surface area contributed by atoms with Crippen molar-refractivity contribution < 1.29 is 13.2 Å². The molecule has 1 aromatic carbocycles. The van der Waals surface area contributed by atoms with E-state index in [2.05, 4.69) is 0 Å². The van der Waals surface area contributed by atoms with E-state index >= 15 is 0 Å². The van der Waals surface area contributed by atoms with Gasteiger partial charge in [0.25, 0.3) is 0 Å². The zero-order chi connectivity index (χ0) is 15.3. The lowest BCUT2D eigenvalue weighted by Crippen LogP contribution is -2.34. The molecule has 0 bridgehead atoms. The standard InChI is InChI=1S/C16H23ClO3S/c1-14-7-6-8-15(11-14)20-12-16(13-21(17,18)19)9-4-2-3-5-10-16/h6-8,11H,2-5,9-10,12-13H2,1H3. The quantitative estimate of drug-likeness (QED) is 0.597. The third-order valence-electron chi connectivity index (χ3n) is 4.18. The molecule has 0 N–H and O–H groups in total. The maximum atomic E-state index is 11.6. The van der Waals surface area contributed by atoms with Crippen LogP contribution in [0.2, 0.25) is 0 Å². The first-order valence-corrected chi connectivity index (χ1v) is 9.98. The first-order valence-electron chi connectivity index (χ1n) is 7.50. The average molecular weight is 331 g/mol. The highest BCUT2D eigenvalue weighted by Gasteiger charge is 2.36. The van der Waals surface area contributed by atoms with Gasteiger partial charge in [-0.25, -0.2) is 8.42 Å². The van der Waals surface area contributed by atoms with Crippen LogP contribution in [0, 0.1) is 12.3 Å². The highest BCUT2D eigenvalue weighted by molar-refractivity contribution is 8.13. The molecule has 118 valence electrons. The molecule has 0 unspecified atom stereocenters. The third-order valence-corrected chi connectivity index (χ3v) is 5.46. The van der Waals surface area contributed by atoms with Gasteiger partial charge in [-0.05, 0) is 37.5 Å². The minimum Gasteiger partial charge on any atom is -0.493 e. The van der Waals surface area contributed by atoms with Crippen molar-refractivity contribution in [2.75, 3.05) is 12.4 Å². The Morgan fingerprint density at radius 3 is 2.43 bits per heavy atom. The predicted molar refractivity (Wildman–Crippen MR) is 86.4 cm³/mol. The number of hydrogen-bond donors (Lipinski definition) is 0. The zero-order valence-corrected chi connectivity index (χ0v) is 14.0. The summed E-state index contributed by atoms with van der Waals surface area (Å²) >= 11 is 0. The lowest BCUT2D eigenvalue weighted by Gasteiger charge is -2.31. The van der Waals surface area contributed by atoms with Crippen LogP contribution in [0.3, 0.4) is 0 Å². The van der Waals surface area contributed by atoms with Crippen LogP contribution in [0.4, 0.5) is 0 Å². The van der Waals surface area contributed by atoms with Crippen molar-refractivity contribution in [3.63, 3.8) is 0 Å². The Kier molecular flexibility index (Phi) is 5.55. The summed E-state index contributed by atoms with van der Waals surface area (Å²) in [5, 5.41) is 0. The summed E-state index contributed by atoms with van der Waals surface area (Å²) in [6.07, 6.45) is 6.14. The Hall–Kier alpha value is -0.740. The lowest BCUT2D eigenvalue weighted by molar-refractivity contribution is 0.146. The number of aryl methyl sites for hydroxylation is 1. The molecule has 0 radical (unpaired) electrons. The summed E-state index contributed by atoms with van der Waals surface area (Å²) in [5.41, 5.74) is 0.785. The molecule has 1 aliphatic carbocycles. The number of halogens is 1. The second-order valence-electron chi connectivity index (χ2n) is 6.20. The van der Waals surface area contributed by atoms with Gasteiger partial charge in [0, 0.05) is 16.1 Å². The molecule has 1 saturated carbocycles. The molecule has 0 aliphatic heterocycles. The van der Waals surface area contributed by atoms with Gasteiger partial charge in [-0.3, -0.25) is 0 Å². The van der Waals surface area contributed by atoms with Crippen molar-refractivity contribution in [2.24, 2.45) is 5.41 Å². The molecule has 3 nitrogen and oxygen atoms in total. The molecular formula is C16H23ClO3S. The monoisotopic (exact) mass is 330 g/mol. The van der Waals surface area contributed by atoms with Crippen molar-refractivity contribution in [2.45, 2.75) is 45.4 Å². The average Bonchev–Trinajstić information content (AvgIpc) is 2.61. The number of hydrogen-bond acceptors (Lipinski definition) is 3. The molecule has 5 heteroatoms. The van der Waals surface area contributed by atoms with Crippen LogP contribution in [-0.2, 0) is 9.05 Å². The molecule has 1 fully saturated rings. The molecule has 21 heavy (non-hydrogen) atoms. The van der Waals surface area contributed by atoms with E-state index in [1.165, 1.54) is 0 Å². The Labute approximate surface area is 132 Å². The molecule has 0 heterocycles. The van der Waals surface area contributed by atoms with E-state index in [4.69, 9.17) is 15.4 Å². The van der Waals surface area contributed by atoms with Gasteiger partial charge in [-0.1, -0.05) is 37.8 Å². The van der Waals surface area contributed by atoms with Gasteiger partial charge in [0.15, 0.2) is 0 Å². The van der Waals surface area contributed by atoms with Crippen LogP contribution in [0.25, 0.3) is 0 Å². The minimum atomic E-state index is -3.52. The van der Waals surface area contributed by atoms with Gasteiger partial charge in [0.2, 0.25) is 9.05 Å². The van der Waals surface area contributed by atoms with Gasteiger partial charge >= 0.3 is 0 Å². The number of benzene rings is 1. The van der Waals surface area contributed by atoms with Crippen LogP contribution in [0.15, 0.2) is 24.3 Å². The highest BCUT2D eigenvalue weighted by Crippen LogP contribution is 2.37. The second kappa shape index (κ2) is 7.01. The normalized spacial score (nSPS) is 19.0. The Balaban J connectivity index is 2.11. The number of ether oxygens (including phenoxy) is 1. The van der Waals surface area contributed by atoms with Gasteiger partial charge in [0.1, 0.15) is 5.75 Å². The van der Waals surface area contributed by atoms with Gasteiger partial charge < -0.3 is 4.74 Å². The lowest BCUT2D eigenvalue weighted by atomic mass is 9.83. The van der Waals surface area contributed by atoms with Crippen LogP contribution in [-0.4, -0.2) is 20.8 Å². The molecule has 1 aromatic rings. The smallest absolute Gasteiger partial charge is 0.233 e. The Bertz CT molecular complexity index is 561. The summed E-state index contributed by atoms with van der Waals surface area (Å²) in [6.45, 7) is 2.43. The van der Waals surface area contributed by atoms with E-state index in [1.807, 2.05) is 31.2 Å². The Morgan fingerprint density at radius 2 is 1.86 bits per heavy atom. The summed E-state index contributed by atoms with van der Waals surface area (Å²) in [4.78, 5) is 0. The number of rotatable bonds is 5. The van der Waals surface area contributed by atoms with E-state index in [9.17, 15) is 8.42 Å². The van der Waals surface area contributed by atoms with Crippen molar-refractivity contribution in [1.29, 1.82) is 0 Å². The van der Waals surface area contributed by atoms with Crippen LogP contribution < -0.4 is 4.74 Å². The molecule has 0 saturated heterocycles. The van der Waals surface area contributed by atoms with Crippen molar-refractivity contribution in [3.8, 4) is 5.75 Å². The summed E-state index contributed by atoms with van der Waals surface area (Å²) < 4.78 is 29.1.